The fourth-order valence-corrected chi connectivity index (χ4v) is 4.66. The quantitative estimate of drug-likeness (QED) is 0.445. The van der Waals surface area contributed by atoms with Gasteiger partial charge in [-0.2, -0.15) is 0 Å². The van der Waals surface area contributed by atoms with Gasteiger partial charge in [-0.3, -0.25) is 20.4 Å². The van der Waals surface area contributed by atoms with Gasteiger partial charge in [-0.25, -0.2) is 25.9 Å². The summed E-state index contributed by atoms with van der Waals surface area (Å²) in [6, 6.07) is 11.8. The molecule has 3 N–H and O–H groups in total. The van der Waals surface area contributed by atoms with Crippen LogP contribution in [-0.2, 0) is 24.8 Å². The fraction of sp³-hybridized carbons (Fsp3) is 0.333. The molecule has 0 aliphatic rings. The minimum absolute atomic E-state index is 0.0313. The molecule has 12 heteroatoms. The predicted octanol–water partition coefficient (Wildman–Crippen LogP) is 1.19. The average Bonchev–Trinajstić information content (AvgIpc) is 2.77. The molecule has 33 heavy (non-hydrogen) atoms. The number of carbonyl (C=O) groups is 2. The molecular formula is C21H28N4O6S2. The van der Waals surface area contributed by atoms with Crippen LogP contribution in [-0.4, -0.2) is 53.6 Å². The van der Waals surface area contributed by atoms with Crippen LogP contribution in [0.5, 0.6) is 0 Å². The van der Waals surface area contributed by atoms with Crippen molar-refractivity contribution >= 4 is 31.9 Å². The molecule has 10 nitrogen and oxygen atoms in total. The van der Waals surface area contributed by atoms with Gasteiger partial charge in [0.05, 0.1) is 9.79 Å². The van der Waals surface area contributed by atoms with Gasteiger partial charge < -0.3 is 0 Å². The Labute approximate surface area is 194 Å². The molecule has 0 heterocycles. The van der Waals surface area contributed by atoms with E-state index in [0.717, 1.165) is 9.87 Å². The SMILES string of the molecule is CC(C)c1ccc(S(=O)(=O)NCCC(=O)NNC(=O)c2cccc(S(=O)(=O)N(C)C)c2)cc1. The van der Waals surface area contributed by atoms with Crippen molar-refractivity contribution in [3.05, 3.63) is 59.7 Å². The lowest BCUT2D eigenvalue weighted by Gasteiger charge is -2.12. The Morgan fingerprint density at radius 2 is 1.55 bits per heavy atom. The van der Waals surface area contributed by atoms with Gasteiger partial charge in [-0.15, -0.1) is 0 Å². The number of sulfonamides is 2. The highest BCUT2D eigenvalue weighted by Crippen LogP contribution is 2.17. The van der Waals surface area contributed by atoms with E-state index in [1.807, 2.05) is 13.8 Å². The molecule has 0 aliphatic heterocycles. The van der Waals surface area contributed by atoms with E-state index in [9.17, 15) is 26.4 Å². The third kappa shape index (κ3) is 7.09. The lowest BCUT2D eigenvalue weighted by molar-refractivity contribution is -0.121. The number of benzene rings is 2. The van der Waals surface area contributed by atoms with E-state index >= 15 is 0 Å². The van der Waals surface area contributed by atoms with E-state index in [1.165, 1.54) is 50.5 Å². The van der Waals surface area contributed by atoms with Gasteiger partial charge in [-0.1, -0.05) is 32.0 Å². The Bertz CT molecular complexity index is 1210. The molecule has 0 atom stereocenters. The van der Waals surface area contributed by atoms with Gasteiger partial charge >= 0.3 is 0 Å². The van der Waals surface area contributed by atoms with Crippen molar-refractivity contribution in [3.63, 3.8) is 0 Å². The first kappa shape index (κ1) is 26.5. The first-order chi connectivity index (χ1) is 15.3. The second kappa shape index (κ2) is 10.9. The highest BCUT2D eigenvalue weighted by Gasteiger charge is 2.19. The minimum Gasteiger partial charge on any atom is -0.273 e. The maximum atomic E-state index is 12.3. The maximum Gasteiger partial charge on any atom is 0.269 e. The highest BCUT2D eigenvalue weighted by molar-refractivity contribution is 7.89. The summed E-state index contributed by atoms with van der Waals surface area (Å²) in [5.74, 6) is -1.07. The van der Waals surface area contributed by atoms with Crippen molar-refractivity contribution in [3.8, 4) is 0 Å². The maximum absolute atomic E-state index is 12.3. The Morgan fingerprint density at radius 1 is 0.909 bits per heavy atom. The summed E-state index contributed by atoms with van der Waals surface area (Å²) in [7, 11) is -4.75. The van der Waals surface area contributed by atoms with E-state index in [-0.39, 0.29) is 34.2 Å². The number of nitrogens with zero attached hydrogens (tertiary/aromatic N) is 1. The third-order valence-electron chi connectivity index (χ3n) is 4.69. The molecule has 2 aromatic carbocycles. The third-order valence-corrected chi connectivity index (χ3v) is 7.98. The van der Waals surface area contributed by atoms with E-state index in [0.29, 0.717) is 0 Å². The molecule has 2 rings (SSSR count). The number of hydrogen-bond donors (Lipinski definition) is 3. The normalized spacial score (nSPS) is 12.1. The minimum atomic E-state index is -3.78. The number of hydrazine groups is 1. The molecule has 2 amide bonds. The lowest BCUT2D eigenvalue weighted by atomic mass is 10.0. The van der Waals surface area contributed by atoms with Crippen LogP contribution in [0.15, 0.2) is 58.3 Å². The fourth-order valence-electron chi connectivity index (χ4n) is 2.68. The van der Waals surface area contributed by atoms with Crippen LogP contribution in [0.1, 0.15) is 42.1 Å². The Hall–Kier alpha value is -2.80. The summed E-state index contributed by atoms with van der Waals surface area (Å²) in [4.78, 5) is 24.2. The number of nitrogens with one attached hydrogen (secondary N) is 3. The van der Waals surface area contributed by atoms with Crippen LogP contribution in [0.4, 0.5) is 0 Å². The zero-order valence-electron chi connectivity index (χ0n) is 18.8. The van der Waals surface area contributed by atoms with Gasteiger partial charge in [0, 0.05) is 32.6 Å². The van der Waals surface area contributed by atoms with Crippen LogP contribution < -0.4 is 15.6 Å². The lowest BCUT2D eigenvalue weighted by Crippen LogP contribution is -2.42. The van der Waals surface area contributed by atoms with Crippen molar-refractivity contribution < 1.29 is 26.4 Å². The smallest absolute Gasteiger partial charge is 0.269 e. The van der Waals surface area contributed by atoms with Crippen LogP contribution in [0.3, 0.4) is 0 Å². The number of rotatable bonds is 9. The van der Waals surface area contributed by atoms with Crippen molar-refractivity contribution in [2.45, 2.75) is 36.0 Å². The van der Waals surface area contributed by atoms with E-state index < -0.39 is 31.9 Å². The Kier molecular flexibility index (Phi) is 8.72. The molecule has 0 bridgehead atoms. The molecule has 0 saturated heterocycles. The van der Waals surface area contributed by atoms with Crippen molar-refractivity contribution in [2.75, 3.05) is 20.6 Å². The van der Waals surface area contributed by atoms with E-state index in [1.54, 1.807) is 12.1 Å². The van der Waals surface area contributed by atoms with Gasteiger partial charge in [0.2, 0.25) is 26.0 Å². The summed E-state index contributed by atoms with van der Waals surface area (Å²) in [6.07, 6.45) is -0.224. The Balaban J connectivity index is 1.87. The summed E-state index contributed by atoms with van der Waals surface area (Å²) < 4.78 is 52.4. The van der Waals surface area contributed by atoms with Gasteiger partial charge in [0.25, 0.3) is 5.91 Å². The molecule has 0 unspecified atom stereocenters. The predicted molar refractivity (Wildman–Crippen MR) is 123 cm³/mol. The number of hydrogen-bond acceptors (Lipinski definition) is 6. The first-order valence-electron chi connectivity index (χ1n) is 10.1. The number of amides is 2. The van der Waals surface area contributed by atoms with Crippen LogP contribution in [0, 0.1) is 0 Å². The molecule has 0 saturated carbocycles. The summed E-state index contributed by atoms with van der Waals surface area (Å²) in [5, 5.41) is 0. The zero-order valence-corrected chi connectivity index (χ0v) is 20.5. The highest BCUT2D eigenvalue weighted by atomic mass is 32.2. The Morgan fingerprint density at radius 3 is 2.12 bits per heavy atom. The summed E-state index contributed by atoms with van der Waals surface area (Å²) in [6.45, 7) is 3.83. The molecule has 0 fully saturated rings. The molecular weight excluding hydrogens is 468 g/mol. The first-order valence-corrected chi connectivity index (χ1v) is 13.0. The molecule has 0 aliphatic carbocycles. The van der Waals surface area contributed by atoms with E-state index in [2.05, 4.69) is 15.6 Å². The molecule has 180 valence electrons. The molecule has 0 spiro atoms. The average molecular weight is 497 g/mol. The van der Waals surface area contributed by atoms with Crippen LogP contribution in [0.2, 0.25) is 0 Å². The summed E-state index contributed by atoms with van der Waals surface area (Å²) in [5.41, 5.74) is 5.39. The number of carbonyl (C=O) groups excluding carboxylic acids is 2. The van der Waals surface area contributed by atoms with E-state index in [4.69, 9.17) is 0 Å². The zero-order chi connectivity index (χ0) is 24.8. The van der Waals surface area contributed by atoms with Crippen LogP contribution in [0.25, 0.3) is 0 Å². The largest absolute Gasteiger partial charge is 0.273 e. The molecule has 0 aromatic heterocycles. The monoisotopic (exact) mass is 496 g/mol. The van der Waals surface area contributed by atoms with Gasteiger partial charge in [0.1, 0.15) is 0 Å². The summed E-state index contributed by atoms with van der Waals surface area (Å²) >= 11 is 0. The van der Waals surface area contributed by atoms with Gasteiger partial charge in [0.15, 0.2) is 0 Å². The topological polar surface area (TPSA) is 142 Å². The van der Waals surface area contributed by atoms with Crippen molar-refractivity contribution in [2.24, 2.45) is 0 Å². The standard InChI is InChI=1S/C21H28N4O6S2/c1-15(2)16-8-10-18(11-9-16)32(28,29)22-13-12-20(26)23-24-21(27)17-6-5-7-19(14-17)33(30,31)25(3)4/h5-11,14-15,22H,12-13H2,1-4H3,(H,23,26)(H,24,27). The van der Waals surface area contributed by atoms with Crippen molar-refractivity contribution in [1.29, 1.82) is 0 Å². The second-order valence-electron chi connectivity index (χ2n) is 7.69. The van der Waals surface area contributed by atoms with Crippen LogP contribution >= 0.6 is 0 Å². The molecule has 2 aromatic rings. The molecule has 0 radical (unpaired) electrons. The van der Waals surface area contributed by atoms with Crippen molar-refractivity contribution in [1.82, 2.24) is 19.9 Å². The second-order valence-corrected chi connectivity index (χ2v) is 11.6. The van der Waals surface area contributed by atoms with Gasteiger partial charge in [-0.05, 0) is 41.8 Å².